The first-order chi connectivity index (χ1) is 9.99. The number of likely N-dealkylation sites (tertiary alicyclic amines) is 1. The fourth-order valence-corrected chi connectivity index (χ4v) is 3.14. The zero-order valence-electron chi connectivity index (χ0n) is 12.4. The largest absolute Gasteiger partial charge is 0.481 e. The maximum Gasteiger partial charge on any atom is 0.313 e. The van der Waals surface area contributed by atoms with Crippen molar-refractivity contribution in [3.8, 4) is 0 Å². The molecule has 0 bridgehead atoms. The van der Waals surface area contributed by atoms with Crippen molar-refractivity contribution in [2.75, 3.05) is 18.8 Å². The first-order valence-corrected chi connectivity index (χ1v) is 8.15. The molecule has 1 aromatic rings. The summed E-state index contributed by atoms with van der Waals surface area (Å²) < 4.78 is 1.86. The second-order valence-electron chi connectivity index (χ2n) is 5.48. The molecule has 2 rings (SSSR count). The molecular formula is C14H21N3O3S. The summed E-state index contributed by atoms with van der Waals surface area (Å²) in [7, 11) is 0. The van der Waals surface area contributed by atoms with Crippen LogP contribution in [-0.4, -0.2) is 50.3 Å². The average Bonchev–Trinajstić information content (AvgIpc) is 3.05. The highest BCUT2D eigenvalue weighted by atomic mass is 32.2. The van der Waals surface area contributed by atoms with Crippen molar-refractivity contribution < 1.29 is 14.7 Å². The van der Waals surface area contributed by atoms with Gasteiger partial charge in [0.05, 0.1) is 5.75 Å². The Bertz CT molecular complexity index is 522. The van der Waals surface area contributed by atoms with Gasteiger partial charge in [0.1, 0.15) is 6.54 Å². The Balaban J connectivity index is 2.15. The fourth-order valence-electron chi connectivity index (χ4n) is 2.43. The molecule has 0 saturated carbocycles. The van der Waals surface area contributed by atoms with Crippen molar-refractivity contribution in [2.45, 2.75) is 44.3 Å². The minimum Gasteiger partial charge on any atom is -0.481 e. The molecule has 1 aliphatic heterocycles. The summed E-state index contributed by atoms with van der Waals surface area (Å²) in [5.74, 6) is -0.605. The Morgan fingerprint density at radius 3 is 2.62 bits per heavy atom. The average molecular weight is 311 g/mol. The summed E-state index contributed by atoms with van der Waals surface area (Å²) in [5, 5.41) is 9.41. The number of imidazole rings is 1. The van der Waals surface area contributed by atoms with Gasteiger partial charge in [-0.1, -0.05) is 25.6 Å². The summed E-state index contributed by atoms with van der Waals surface area (Å²) in [4.78, 5) is 29.2. The number of rotatable bonds is 6. The highest BCUT2D eigenvalue weighted by molar-refractivity contribution is 7.99. The smallest absolute Gasteiger partial charge is 0.313 e. The lowest BCUT2D eigenvalue weighted by molar-refractivity contribution is -0.134. The Morgan fingerprint density at radius 2 is 2.05 bits per heavy atom. The van der Waals surface area contributed by atoms with E-state index in [4.69, 9.17) is 5.11 Å². The molecule has 1 N–H and O–H groups in total. The van der Waals surface area contributed by atoms with Gasteiger partial charge in [0.2, 0.25) is 5.91 Å². The molecule has 0 aromatic carbocycles. The van der Waals surface area contributed by atoms with Gasteiger partial charge in [-0.15, -0.1) is 0 Å². The molecule has 1 aromatic heterocycles. The van der Waals surface area contributed by atoms with E-state index >= 15 is 0 Å². The Morgan fingerprint density at radius 1 is 1.38 bits per heavy atom. The maximum absolute atomic E-state index is 12.3. The maximum atomic E-state index is 12.3. The molecule has 7 heteroatoms. The number of carbonyl (C=O) groups is 2. The van der Waals surface area contributed by atoms with Crippen molar-refractivity contribution >= 4 is 23.6 Å². The molecule has 1 aliphatic rings. The van der Waals surface area contributed by atoms with Crippen LogP contribution in [0.1, 0.15) is 38.3 Å². The third kappa shape index (κ3) is 4.00. The normalized spacial score (nSPS) is 14.9. The molecule has 0 aliphatic carbocycles. The number of carboxylic acid groups (broad SMARTS) is 1. The van der Waals surface area contributed by atoms with Gasteiger partial charge in [0.25, 0.3) is 0 Å². The number of thioether (sulfide) groups is 1. The second kappa shape index (κ2) is 6.98. The highest BCUT2D eigenvalue weighted by Gasteiger charge is 2.22. The van der Waals surface area contributed by atoms with Crippen molar-refractivity contribution in [3.63, 3.8) is 0 Å². The Kier molecular flexibility index (Phi) is 5.27. The SMILES string of the molecule is CC(C)c1cnc(SCC(=O)O)n1CC(=O)N1CCCC1. The number of hydrogen-bond donors (Lipinski definition) is 1. The minimum atomic E-state index is -0.883. The van der Waals surface area contributed by atoms with Crippen molar-refractivity contribution in [3.05, 3.63) is 11.9 Å². The lowest BCUT2D eigenvalue weighted by Gasteiger charge is -2.18. The van der Waals surface area contributed by atoms with Gasteiger partial charge in [0, 0.05) is 25.0 Å². The van der Waals surface area contributed by atoms with E-state index in [-0.39, 0.29) is 24.1 Å². The molecule has 0 unspecified atom stereocenters. The van der Waals surface area contributed by atoms with Gasteiger partial charge in [-0.25, -0.2) is 4.98 Å². The minimum absolute atomic E-state index is 0.0492. The topological polar surface area (TPSA) is 75.4 Å². The van der Waals surface area contributed by atoms with Crippen LogP contribution < -0.4 is 0 Å². The van der Waals surface area contributed by atoms with Crippen LogP contribution in [0, 0.1) is 0 Å². The van der Waals surface area contributed by atoms with Gasteiger partial charge < -0.3 is 14.6 Å². The monoisotopic (exact) mass is 311 g/mol. The van der Waals surface area contributed by atoms with Gasteiger partial charge >= 0.3 is 5.97 Å². The van der Waals surface area contributed by atoms with Gasteiger partial charge in [-0.3, -0.25) is 9.59 Å². The van der Waals surface area contributed by atoms with Crippen LogP contribution in [0.5, 0.6) is 0 Å². The zero-order chi connectivity index (χ0) is 15.4. The van der Waals surface area contributed by atoms with Crippen LogP contribution in [0.25, 0.3) is 0 Å². The van der Waals surface area contributed by atoms with E-state index < -0.39 is 5.97 Å². The summed E-state index contributed by atoms with van der Waals surface area (Å²) in [6, 6.07) is 0. The van der Waals surface area contributed by atoms with E-state index in [0.717, 1.165) is 43.4 Å². The third-order valence-electron chi connectivity index (χ3n) is 3.52. The van der Waals surface area contributed by atoms with Crippen LogP contribution in [0.3, 0.4) is 0 Å². The lowest BCUT2D eigenvalue weighted by atomic mass is 10.1. The van der Waals surface area contributed by atoms with Crippen molar-refractivity contribution in [2.24, 2.45) is 0 Å². The standard InChI is InChI=1S/C14H21N3O3S/c1-10(2)11-7-15-14(21-9-13(19)20)17(11)8-12(18)16-5-3-4-6-16/h7,10H,3-6,8-9H2,1-2H3,(H,19,20). The quantitative estimate of drug-likeness (QED) is 0.811. The van der Waals surface area contributed by atoms with E-state index in [2.05, 4.69) is 4.98 Å². The molecular weight excluding hydrogens is 290 g/mol. The number of aliphatic carboxylic acids is 1. The molecule has 21 heavy (non-hydrogen) atoms. The number of carboxylic acids is 1. The third-order valence-corrected chi connectivity index (χ3v) is 4.49. The predicted octanol–water partition coefficient (Wildman–Crippen LogP) is 1.81. The van der Waals surface area contributed by atoms with E-state index in [1.807, 2.05) is 23.3 Å². The number of nitrogens with zero attached hydrogens (tertiary/aromatic N) is 3. The molecule has 2 heterocycles. The molecule has 0 radical (unpaired) electrons. The van der Waals surface area contributed by atoms with E-state index in [0.29, 0.717) is 5.16 Å². The fraction of sp³-hybridized carbons (Fsp3) is 0.643. The number of aromatic nitrogens is 2. The summed E-state index contributed by atoms with van der Waals surface area (Å²) in [6.07, 6.45) is 3.87. The van der Waals surface area contributed by atoms with Crippen molar-refractivity contribution in [1.82, 2.24) is 14.5 Å². The molecule has 0 atom stereocenters. The van der Waals surface area contributed by atoms with E-state index in [1.165, 1.54) is 0 Å². The zero-order valence-corrected chi connectivity index (χ0v) is 13.2. The van der Waals surface area contributed by atoms with Crippen LogP contribution in [0.4, 0.5) is 0 Å². The molecule has 1 saturated heterocycles. The first kappa shape index (κ1) is 15.9. The lowest BCUT2D eigenvalue weighted by Crippen LogP contribution is -2.31. The van der Waals surface area contributed by atoms with Crippen LogP contribution in [0.2, 0.25) is 0 Å². The van der Waals surface area contributed by atoms with Crippen molar-refractivity contribution in [1.29, 1.82) is 0 Å². The Hall–Kier alpha value is -1.50. The summed E-state index contributed by atoms with van der Waals surface area (Å²) >= 11 is 1.16. The summed E-state index contributed by atoms with van der Waals surface area (Å²) in [6.45, 7) is 5.97. The second-order valence-corrected chi connectivity index (χ2v) is 6.42. The van der Waals surface area contributed by atoms with Crippen LogP contribution in [0.15, 0.2) is 11.4 Å². The molecule has 116 valence electrons. The van der Waals surface area contributed by atoms with Crippen LogP contribution >= 0.6 is 11.8 Å². The predicted molar refractivity (Wildman–Crippen MR) is 80.5 cm³/mol. The molecule has 1 fully saturated rings. The Labute approximate surface area is 128 Å². The van der Waals surface area contributed by atoms with Gasteiger partial charge in [-0.05, 0) is 18.8 Å². The highest BCUT2D eigenvalue weighted by Crippen LogP contribution is 2.24. The number of carbonyl (C=O) groups excluding carboxylic acids is 1. The van der Waals surface area contributed by atoms with E-state index in [9.17, 15) is 9.59 Å². The van der Waals surface area contributed by atoms with Gasteiger partial charge in [0.15, 0.2) is 5.16 Å². The molecule has 1 amide bonds. The first-order valence-electron chi connectivity index (χ1n) is 7.17. The number of hydrogen-bond acceptors (Lipinski definition) is 4. The molecule has 6 nitrogen and oxygen atoms in total. The van der Waals surface area contributed by atoms with Gasteiger partial charge in [-0.2, -0.15) is 0 Å². The van der Waals surface area contributed by atoms with E-state index in [1.54, 1.807) is 6.20 Å². The van der Waals surface area contributed by atoms with Crippen LogP contribution in [-0.2, 0) is 16.1 Å². The number of amides is 1. The molecule has 0 spiro atoms. The summed E-state index contributed by atoms with van der Waals surface area (Å²) in [5.41, 5.74) is 0.968.